The standard InChI is InChI=1S/C14H26N2O3.C9H6O2/c1-5-12(10-16(3)4)11(2)19-9-7-6-8-13(15)14(17)18;10-6-7-1-2-9-8(5-7)3-4-11-9/h5,13H,2,6-10,15H2,1,3-4H3,(H,17,18);1-6H/b12-5-;. The van der Waals surface area contributed by atoms with Gasteiger partial charge in [0.25, 0.3) is 0 Å². The Kier molecular flexibility index (Phi) is 11.2. The van der Waals surface area contributed by atoms with Crippen LogP contribution < -0.4 is 5.73 Å². The number of hydrogen-bond donors (Lipinski definition) is 2. The van der Waals surface area contributed by atoms with E-state index in [1.54, 1.807) is 24.5 Å². The summed E-state index contributed by atoms with van der Waals surface area (Å²) in [6.45, 7) is 7.19. The molecule has 0 aliphatic heterocycles. The van der Waals surface area contributed by atoms with Gasteiger partial charge in [0.2, 0.25) is 0 Å². The minimum atomic E-state index is -0.951. The van der Waals surface area contributed by atoms with Crippen molar-refractivity contribution in [2.24, 2.45) is 5.73 Å². The fraction of sp³-hybridized carbons (Fsp3) is 0.391. The number of carboxylic acid groups (broad SMARTS) is 1. The molecule has 1 aromatic carbocycles. The number of ether oxygens (including phenoxy) is 1. The van der Waals surface area contributed by atoms with Gasteiger partial charge in [-0.3, -0.25) is 9.59 Å². The lowest BCUT2D eigenvalue weighted by atomic mass is 10.1. The van der Waals surface area contributed by atoms with Crippen molar-refractivity contribution in [2.45, 2.75) is 32.2 Å². The van der Waals surface area contributed by atoms with E-state index in [1.807, 2.05) is 33.2 Å². The van der Waals surface area contributed by atoms with Crippen molar-refractivity contribution >= 4 is 23.2 Å². The highest BCUT2D eigenvalue weighted by Gasteiger charge is 2.10. The minimum absolute atomic E-state index is 0.472. The molecule has 1 aromatic heterocycles. The third kappa shape index (κ3) is 9.07. The van der Waals surface area contributed by atoms with Gasteiger partial charge in [0, 0.05) is 23.1 Å². The molecule has 7 nitrogen and oxygen atoms in total. The summed E-state index contributed by atoms with van der Waals surface area (Å²) in [6.07, 6.45) is 6.41. The molecule has 0 spiro atoms. The van der Waals surface area contributed by atoms with Gasteiger partial charge in [0.05, 0.1) is 12.9 Å². The molecule has 2 rings (SSSR count). The third-order valence-electron chi connectivity index (χ3n) is 4.31. The monoisotopic (exact) mass is 416 g/mol. The quantitative estimate of drug-likeness (QED) is 0.248. The molecule has 2 aromatic rings. The maximum atomic E-state index is 10.5. The van der Waals surface area contributed by atoms with E-state index in [2.05, 4.69) is 11.5 Å². The SMILES string of the molecule is C=C(OCCCCC(N)C(=O)O)/C(=C\C)CN(C)C.O=Cc1ccc2occc2c1. The maximum absolute atomic E-state index is 10.5. The van der Waals surface area contributed by atoms with Crippen LogP contribution in [0.25, 0.3) is 11.0 Å². The molecule has 0 saturated carbocycles. The Labute approximate surface area is 177 Å². The summed E-state index contributed by atoms with van der Waals surface area (Å²) in [5.41, 5.74) is 7.97. The average Bonchev–Trinajstić information content (AvgIpc) is 3.19. The van der Waals surface area contributed by atoms with Crippen LogP contribution in [0, 0.1) is 0 Å². The molecule has 0 saturated heterocycles. The van der Waals surface area contributed by atoms with E-state index in [0.29, 0.717) is 24.4 Å². The number of nitrogens with zero attached hydrogens (tertiary/aromatic N) is 1. The number of rotatable bonds is 11. The first kappa shape index (κ1) is 25.1. The number of benzene rings is 1. The zero-order valence-corrected chi connectivity index (χ0v) is 18.0. The van der Waals surface area contributed by atoms with Crippen molar-refractivity contribution in [1.29, 1.82) is 0 Å². The Morgan fingerprint density at radius 2 is 2.07 bits per heavy atom. The van der Waals surface area contributed by atoms with Crippen LogP contribution in [0.4, 0.5) is 0 Å². The second-order valence-corrected chi connectivity index (χ2v) is 7.10. The van der Waals surface area contributed by atoms with E-state index in [0.717, 1.165) is 42.2 Å². The van der Waals surface area contributed by atoms with Crippen molar-refractivity contribution in [3.05, 3.63) is 60.1 Å². The molecular weight excluding hydrogens is 384 g/mol. The first-order chi connectivity index (χ1) is 14.3. The van der Waals surface area contributed by atoms with Crippen LogP contribution in [-0.2, 0) is 9.53 Å². The highest BCUT2D eigenvalue weighted by molar-refractivity contribution is 5.85. The van der Waals surface area contributed by atoms with Crippen molar-refractivity contribution in [1.82, 2.24) is 4.90 Å². The molecule has 1 unspecified atom stereocenters. The smallest absolute Gasteiger partial charge is 0.320 e. The van der Waals surface area contributed by atoms with Crippen LogP contribution in [-0.4, -0.2) is 55.6 Å². The van der Waals surface area contributed by atoms with Gasteiger partial charge in [-0.25, -0.2) is 0 Å². The lowest BCUT2D eigenvalue weighted by molar-refractivity contribution is -0.138. The van der Waals surface area contributed by atoms with Gasteiger partial charge >= 0.3 is 5.97 Å². The molecule has 0 bridgehead atoms. The summed E-state index contributed by atoms with van der Waals surface area (Å²) in [5.74, 6) is -0.272. The summed E-state index contributed by atoms with van der Waals surface area (Å²) in [7, 11) is 3.98. The lowest BCUT2D eigenvalue weighted by Gasteiger charge is -2.16. The Morgan fingerprint density at radius 1 is 1.33 bits per heavy atom. The molecule has 0 amide bonds. The van der Waals surface area contributed by atoms with Gasteiger partial charge in [0.15, 0.2) is 0 Å². The molecular formula is C23H32N2O5. The van der Waals surface area contributed by atoms with Gasteiger partial charge in [-0.15, -0.1) is 0 Å². The maximum Gasteiger partial charge on any atom is 0.320 e. The summed E-state index contributed by atoms with van der Waals surface area (Å²) in [5, 5.41) is 9.60. The van der Waals surface area contributed by atoms with Gasteiger partial charge in [-0.2, -0.15) is 0 Å². The van der Waals surface area contributed by atoms with Crippen LogP contribution in [0.3, 0.4) is 0 Å². The summed E-state index contributed by atoms with van der Waals surface area (Å²) in [6, 6.07) is 6.38. The van der Waals surface area contributed by atoms with Crippen LogP contribution in [0.2, 0.25) is 0 Å². The molecule has 0 aliphatic rings. The Bertz CT molecular complexity index is 854. The van der Waals surface area contributed by atoms with Gasteiger partial charge in [-0.05, 0) is 64.5 Å². The Morgan fingerprint density at radius 3 is 2.67 bits per heavy atom. The van der Waals surface area contributed by atoms with Crippen LogP contribution >= 0.6 is 0 Å². The summed E-state index contributed by atoms with van der Waals surface area (Å²) < 4.78 is 10.7. The predicted molar refractivity (Wildman–Crippen MR) is 118 cm³/mol. The molecule has 0 aliphatic carbocycles. The van der Waals surface area contributed by atoms with E-state index in [9.17, 15) is 9.59 Å². The van der Waals surface area contributed by atoms with Gasteiger partial charge in [0.1, 0.15) is 23.7 Å². The molecule has 0 radical (unpaired) electrons. The Balaban J connectivity index is 0.000000340. The number of aldehydes is 1. The average molecular weight is 417 g/mol. The van der Waals surface area contributed by atoms with E-state index in [-0.39, 0.29) is 0 Å². The van der Waals surface area contributed by atoms with Crippen LogP contribution in [0.15, 0.2) is 58.9 Å². The highest BCUT2D eigenvalue weighted by atomic mass is 16.5. The predicted octanol–water partition coefficient (Wildman–Crippen LogP) is 3.85. The first-order valence-electron chi connectivity index (χ1n) is 9.81. The fourth-order valence-corrected chi connectivity index (χ4v) is 2.62. The molecule has 3 N–H and O–H groups in total. The molecule has 164 valence electrons. The van der Waals surface area contributed by atoms with Gasteiger partial charge in [-0.1, -0.05) is 12.7 Å². The lowest BCUT2D eigenvalue weighted by Crippen LogP contribution is -2.29. The van der Waals surface area contributed by atoms with Crippen molar-refractivity contribution in [2.75, 3.05) is 27.2 Å². The zero-order chi connectivity index (χ0) is 22.5. The number of allylic oxidation sites excluding steroid dienone is 1. The summed E-state index contributed by atoms with van der Waals surface area (Å²) >= 11 is 0. The largest absolute Gasteiger partial charge is 0.494 e. The number of carboxylic acids is 1. The second-order valence-electron chi connectivity index (χ2n) is 7.10. The first-order valence-corrected chi connectivity index (χ1v) is 9.81. The molecule has 0 fully saturated rings. The number of fused-ring (bicyclic) bond motifs is 1. The van der Waals surface area contributed by atoms with E-state index in [4.69, 9.17) is 20.0 Å². The number of nitrogens with two attached hydrogens (primary N) is 1. The molecule has 7 heteroatoms. The van der Waals surface area contributed by atoms with E-state index in [1.165, 1.54) is 0 Å². The number of unbranched alkanes of at least 4 members (excludes halogenated alkanes) is 1. The number of carbonyl (C=O) groups excluding carboxylic acids is 1. The highest BCUT2D eigenvalue weighted by Crippen LogP contribution is 2.15. The molecule has 1 atom stereocenters. The van der Waals surface area contributed by atoms with Crippen LogP contribution in [0.5, 0.6) is 0 Å². The normalized spacial score (nSPS) is 12.2. The number of carbonyl (C=O) groups is 2. The van der Waals surface area contributed by atoms with Crippen molar-refractivity contribution < 1.29 is 23.8 Å². The fourth-order valence-electron chi connectivity index (χ4n) is 2.62. The molecule has 30 heavy (non-hydrogen) atoms. The number of hydrogen-bond acceptors (Lipinski definition) is 6. The van der Waals surface area contributed by atoms with E-state index < -0.39 is 12.0 Å². The minimum Gasteiger partial charge on any atom is -0.494 e. The number of likely N-dealkylation sites (N-methyl/N-ethyl adjacent to an activating group) is 1. The molecule has 1 heterocycles. The van der Waals surface area contributed by atoms with Crippen molar-refractivity contribution in [3.8, 4) is 0 Å². The zero-order valence-electron chi connectivity index (χ0n) is 18.0. The number of aliphatic carboxylic acids is 1. The third-order valence-corrected chi connectivity index (χ3v) is 4.31. The van der Waals surface area contributed by atoms with Crippen LogP contribution in [0.1, 0.15) is 36.5 Å². The number of furan rings is 1. The van der Waals surface area contributed by atoms with E-state index >= 15 is 0 Å². The van der Waals surface area contributed by atoms with Gasteiger partial charge < -0.3 is 24.9 Å². The second kappa shape index (κ2) is 13.3. The Hall–Kier alpha value is -2.90. The van der Waals surface area contributed by atoms with Crippen molar-refractivity contribution in [3.63, 3.8) is 0 Å². The topological polar surface area (TPSA) is 106 Å². The summed E-state index contributed by atoms with van der Waals surface area (Å²) in [4.78, 5) is 22.9.